The average molecular weight is 399 g/mol. The fraction of sp³-hybridized carbons (Fsp3) is 0.158. The summed E-state index contributed by atoms with van der Waals surface area (Å²) in [6.07, 6.45) is 0. The van der Waals surface area contributed by atoms with E-state index in [4.69, 9.17) is 0 Å². The fourth-order valence-electron chi connectivity index (χ4n) is 2.52. The van der Waals surface area contributed by atoms with Crippen molar-refractivity contribution in [3.8, 4) is 11.4 Å². The predicted molar refractivity (Wildman–Crippen MR) is 106 cm³/mol. The highest BCUT2D eigenvalue weighted by Gasteiger charge is 2.15. The first-order valence-corrected chi connectivity index (χ1v) is 9.37. The molecule has 1 heterocycles. The van der Waals surface area contributed by atoms with E-state index in [1.165, 1.54) is 24.8 Å². The maximum absolute atomic E-state index is 14.0. The topological polar surface area (TPSA) is 88.9 Å². The number of anilines is 2. The summed E-state index contributed by atoms with van der Waals surface area (Å²) in [5, 5.41) is 14.0. The number of carbonyl (C=O) groups is 2. The van der Waals surface area contributed by atoms with Gasteiger partial charge in [-0.1, -0.05) is 30.0 Å². The van der Waals surface area contributed by atoms with Crippen molar-refractivity contribution in [1.29, 1.82) is 0 Å². The maximum atomic E-state index is 14.0. The van der Waals surface area contributed by atoms with Crippen molar-refractivity contribution in [2.24, 2.45) is 7.05 Å². The van der Waals surface area contributed by atoms with Gasteiger partial charge in [0, 0.05) is 25.3 Å². The molecule has 0 aliphatic rings. The van der Waals surface area contributed by atoms with Crippen LogP contribution >= 0.6 is 11.8 Å². The molecule has 0 fully saturated rings. The van der Waals surface area contributed by atoms with Gasteiger partial charge in [0.2, 0.25) is 11.8 Å². The number of thioether (sulfide) groups is 1. The number of carbonyl (C=O) groups excluding carboxylic acids is 2. The molecule has 0 unspecified atom stereocenters. The third-order valence-corrected chi connectivity index (χ3v) is 4.77. The monoisotopic (exact) mass is 399 g/mol. The zero-order chi connectivity index (χ0) is 20.1. The zero-order valence-electron chi connectivity index (χ0n) is 15.3. The SMILES string of the molecule is CC(=O)Nc1cccc(NC(=O)CSc2nnc(-c3ccccc3F)n2C)c1. The minimum absolute atomic E-state index is 0.105. The summed E-state index contributed by atoms with van der Waals surface area (Å²) in [5.41, 5.74) is 1.52. The lowest BCUT2D eigenvalue weighted by Crippen LogP contribution is -2.15. The van der Waals surface area contributed by atoms with Gasteiger partial charge < -0.3 is 15.2 Å². The molecular formula is C19H18FN5O2S. The number of nitrogens with zero attached hydrogens (tertiary/aromatic N) is 3. The van der Waals surface area contributed by atoms with E-state index in [1.54, 1.807) is 54.1 Å². The molecule has 3 aromatic rings. The molecule has 144 valence electrons. The van der Waals surface area contributed by atoms with Crippen LogP contribution in [-0.4, -0.2) is 32.3 Å². The summed E-state index contributed by atoms with van der Waals surface area (Å²) in [7, 11) is 1.72. The minimum Gasteiger partial charge on any atom is -0.326 e. The van der Waals surface area contributed by atoms with Gasteiger partial charge in [-0.25, -0.2) is 4.39 Å². The highest BCUT2D eigenvalue weighted by Crippen LogP contribution is 2.24. The molecular weight excluding hydrogens is 381 g/mol. The van der Waals surface area contributed by atoms with Gasteiger partial charge >= 0.3 is 0 Å². The first-order chi connectivity index (χ1) is 13.4. The second-order valence-electron chi connectivity index (χ2n) is 5.94. The summed E-state index contributed by atoms with van der Waals surface area (Å²) >= 11 is 1.20. The van der Waals surface area contributed by atoms with Crippen LogP contribution in [0.3, 0.4) is 0 Å². The summed E-state index contributed by atoms with van der Waals surface area (Å²) in [6.45, 7) is 1.42. The fourth-order valence-corrected chi connectivity index (χ4v) is 3.23. The summed E-state index contributed by atoms with van der Waals surface area (Å²) in [5.74, 6) is -0.309. The summed E-state index contributed by atoms with van der Waals surface area (Å²) < 4.78 is 15.6. The van der Waals surface area contributed by atoms with Crippen molar-refractivity contribution >= 4 is 35.0 Å². The molecule has 1 aromatic heterocycles. The van der Waals surface area contributed by atoms with Crippen molar-refractivity contribution < 1.29 is 14.0 Å². The quantitative estimate of drug-likeness (QED) is 0.621. The van der Waals surface area contributed by atoms with Crippen molar-refractivity contribution in [2.45, 2.75) is 12.1 Å². The molecule has 0 radical (unpaired) electrons. The van der Waals surface area contributed by atoms with Crippen LogP contribution in [0, 0.1) is 5.82 Å². The van der Waals surface area contributed by atoms with E-state index in [1.807, 2.05) is 0 Å². The highest BCUT2D eigenvalue weighted by atomic mass is 32.2. The third kappa shape index (κ3) is 4.74. The summed E-state index contributed by atoms with van der Waals surface area (Å²) in [6, 6.07) is 13.2. The maximum Gasteiger partial charge on any atom is 0.234 e. The lowest BCUT2D eigenvalue weighted by Gasteiger charge is -2.08. The molecule has 0 spiro atoms. The largest absolute Gasteiger partial charge is 0.326 e. The van der Waals surface area contributed by atoms with Gasteiger partial charge in [0.15, 0.2) is 11.0 Å². The average Bonchev–Trinajstić information content (AvgIpc) is 3.00. The van der Waals surface area contributed by atoms with Gasteiger partial charge in [-0.05, 0) is 30.3 Å². The number of halogens is 1. The Morgan fingerprint density at radius 3 is 2.50 bits per heavy atom. The molecule has 28 heavy (non-hydrogen) atoms. The van der Waals surface area contributed by atoms with E-state index < -0.39 is 0 Å². The van der Waals surface area contributed by atoms with Gasteiger partial charge in [-0.2, -0.15) is 0 Å². The number of rotatable bonds is 6. The molecule has 2 aromatic carbocycles. The Balaban J connectivity index is 1.63. The number of hydrogen-bond donors (Lipinski definition) is 2. The molecule has 0 aliphatic heterocycles. The van der Waals surface area contributed by atoms with E-state index in [2.05, 4.69) is 20.8 Å². The molecule has 0 aliphatic carbocycles. The van der Waals surface area contributed by atoms with E-state index in [-0.39, 0.29) is 23.4 Å². The molecule has 0 saturated heterocycles. The Labute approximate surface area is 165 Å². The smallest absolute Gasteiger partial charge is 0.234 e. The number of hydrogen-bond acceptors (Lipinski definition) is 5. The summed E-state index contributed by atoms with van der Waals surface area (Å²) in [4.78, 5) is 23.3. The Bertz CT molecular complexity index is 1020. The third-order valence-electron chi connectivity index (χ3n) is 3.75. The highest BCUT2D eigenvalue weighted by molar-refractivity contribution is 7.99. The van der Waals surface area contributed by atoms with Crippen LogP contribution in [0.5, 0.6) is 0 Å². The molecule has 7 nitrogen and oxygen atoms in total. The van der Waals surface area contributed by atoms with E-state index >= 15 is 0 Å². The van der Waals surface area contributed by atoms with Crippen LogP contribution in [0.1, 0.15) is 6.92 Å². The number of aromatic nitrogens is 3. The predicted octanol–water partition coefficient (Wildman–Crippen LogP) is 3.31. The molecule has 0 saturated carbocycles. The second kappa shape index (κ2) is 8.66. The van der Waals surface area contributed by atoms with Crippen molar-refractivity contribution in [3.05, 3.63) is 54.3 Å². The Hall–Kier alpha value is -3.20. The van der Waals surface area contributed by atoms with Crippen molar-refractivity contribution in [1.82, 2.24) is 14.8 Å². The van der Waals surface area contributed by atoms with Crippen molar-refractivity contribution in [3.63, 3.8) is 0 Å². The first kappa shape index (κ1) is 19.6. The molecule has 0 bridgehead atoms. The van der Waals surface area contributed by atoms with Crippen LogP contribution in [0.4, 0.5) is 15.8 Å². The minimum atomic E-state index is -0.383. The van der Waals surface area contributed by atoms with Gasteiger partial charge in [0.05, 0.1) is 11.3 Å². The number of amides is 2. The standard InChI is InChI=1S/C19H18FN5O2S/c1-12(26)21-13-6-5-7-14(10-13)22-17(27)11-28-19-24-23-18(25(19)2)15-8-3-4-9-16(15)20/h3-10H,11H2,1-2H3,(H,21,26)(H,22,27). The van der Waals surface area contributed by atoms with Gasteiger partial charge in [0.1, 0.15) is 5.82 Å². The van der Waals surface area contributed by atoms with Crippen LogP contribution in [0.15, 0.2) is 53.7 Å². The Morgan fingerprint density at radius 1 is 1.07 bits per heavy atom. The van der Waals surface area contributed by atoms with Crippen molar-refractivity contribution in [2.75, 3.05) is 16.4 Å². The molecule has 0 atom stereocenters. The lowest BCUT2D eigenvalue weighted by molar-refractivity contribution is -0.114. The van der Waals surface area contributed by atoms with Gasteiger partial charge in [-0.15, -0.1) is 10.2 Å². The molecule has 3 rings (SSSR count). The second-order valence-corrected chi connectivity index (χ2v) is 6.89. The molecule has 2 amide bonds. The van der Waals surface area contributed by atoms with Crippen LogP contribution in [0.2, 0.25) is 0 Å². The van der Waals surface area contributed by atoms with Crippen LogP contribution < -0.4 is 10.6 Å². The van der Waals surface area contributed by atoms with E-state index in [0.717, 1.165) is 0 Å². The van der Waals surface area contributed by atoms with Gasteiger partial charge in [-0.3, -0.25) is 9.59 Å². The van der Waals surface area contributed by atoms with E-state index in [9.17, 15) is 14.0 Å². The van der Waals surface area contributed by atoms with Gasteiger partial charge in [0.25, 0.3) is 0 Å². The zero-order valence-corrected chi connectivity index (χ0v) is 16.1. The number of benzene rings is 2. The lowest BCUT2D eigenvalue weighted by atomic mass is 10.2. The molecule has 9 heteroatoms. The Kier molecular flexibility index (Phi) is 6.05. The normalized spacial score (nSPS) is 10.5. The number of nitrogens with one attached hydrogen (secondary N) is 2. The first-order valence-electron chi connectivity index (χ1n) is 8.38. The van der Waals surface area contributed by atoms with E-state index in [0.29, 0.717) is 27.9 Å². The Morgan fingerprint density at radius 2 is 1.79 bits per heavy atom. The van der Waals surface area contributed by atoms with Crippen LogP contribution in [0.25, 0.3) is 11.4 Å². The molecule has 2 N–H and O–H groups in total. The van der Waals surface area contributed by atoms with Crippen LogP contribution in [-0.2, 0) is 16.6 Å².